The van der Waals surface area contributed by atoms with Crippen molar-refractivity contribution in [3.63, 3.8) is 0 Å². The van der Waals surface area contributed by atoms with E-state index in [1.54, 1.807) is 30.5 Å². The van der Waals surface area contributed by atoms with Crippen molar-refractivity contribution in [3.05, 3.63) is 65.2 Å². The minimum Gasteiger partial charge on any atom is -0.465 e. The Morgan fingerprint density at radius 3 is 2.47 bits per heavy atom. The van der Waals surface area contributed by atoms with E-state index in [9.17, 15) is 9.59 Å². The zero-order valence-electron chi connectivity index (χ0n) is 20.4. The first-order chi connectivity index (χ1) is 17.4. The molecule has 0 atom stereocenters. The normalized spacial score (nSPS) is 11.6. The van der Waals surface area contributed by atoms with Crippen molar-refractivity contribution >= 4 is 46.1 Å². The van der Waals surface area contributed by atoms with E-state index in [1.807, 2.05) is 38.1 Å². The Labute approximate surface area is 208 Å². The minimum atomic E-state index is -0.423. The highest BCUT2D eigenvalue weighted by atomic mass is 16.5. The van der Waals surface area contributed by atoms with E-state index in [4.69, 9.17) is 15.2 Å². The number of nitrogens with one attached hydrogen (secondary N) is 1. The average Bonchev–Trinajstić information content (AvgIpc) is 3.15. The van der Waals surface area contributed by atoms with Gasteiger partial charge >= 0.3 is 5.97 Å². The lowest BCUT2D eigenvalue weighted by atomic mass is 10.1. The quantitative estimate of drug-likeness (QED) is 0.210. The number of nitrogens with two attached hydrogens (primary N) is 1. The molecule has 0 fully saturated rings. The summed E-state index contributed by atoms with van der Waals surface area (Å²) in [5, 5.41) is 7.37. The number of methoxy groups -OCH3 is 1. The summed E-state index contributed by atoms with van der Waals surface area (Å²) in [5.41, 5.74) is 9.79. The second-order valence-corrected chi connectivity index (χ2v) is 8.34. The average molecular weight is 489 g/mol. The number of anilines is 1. The van der Waals surface area contributed by atoms with Gasteiger partial charge < -0.3 is 20.5 Å². The molecule has 186 valence electrons. The van der Waals surface area contributed by atoms with Crippen molar-refractivity contribution in [1.29, 1.82) is 0 Å². The van der Waals surface area contributed by atoms with Gasteiger partial charge in [0.2, 0.25) is 0 Å². The molecule has 2 aromatic heterocycles. The number of nitrogen functional groups attached to an aromatic ring is 1. The summed E-state index contributed by atoms with van der Waals surface area (Å²) >= 11 is 0. The number of aromatic nitrogens is 3. The highest BCUT2D eigenvalue weighted by molar-refractivity contribution is 6.10. The lowest BCUT2D eigenvalue weighted by Crippen LogP contribution is -2.26. The van der Waals surface area contributed by atoms with E-state index in [2.05, 4.69) is 20.4 Å². The van der Waals surface area contributed by atoms with Gasteiger partial charge in [0, 0.05) is 13.2 Å². The molecule has 0 aliphatic carbocycles. The standard InChI is InChI=1S/C26H28N6O4/c1-16(2)36-14-6-13-28-25(33)21-22-24(31-20-8-5-4-7-19(20)30-22)32(23(21)27)29-15-17-9-11-18(12-10-17)26(34)35-3/h4-5,7-12,15-16H,6,13-14,27H2,1-3H3,(H,28,33)/b29-15-. The van der Waals surface area contributed by atoms with Crippen molar-refractivity contribution in [3.8, 4) is 0 Å². The number of hydrogen-bond acceptors (Lipinski definition) is 8. The third-order valence-electron chi connectivity index (χ3n) is 5.41. The van der Waals surface area contributed by atoms with Gasteiger partial charge in [-0.1, -0.05) is 24.3 Å². The summed E-state index contributed by atoms with van der Waals surface area (Å²) in [7, 11) is 1.33. The van der Waals surface area contributed by atoms with E-state index in [-0.39, 0.29) is 23.4 Å². The number of carbonyl (C=O) groups excluding carboxylic acids is 2. The van der Waals surface area contributed by atoms with E-state index in [0.717, 1.165) is 0 Å². The third-order valence-corrected chi connectivity index (χ3v) is 5.41. The van der Waals surface area contributed by atoms with Crippen molar-refractivity contribution in [2.24, 2.45) is 5.10 Å². The van der Waals surface area contributed by atoms with Crippen LogP contribution >= 0.6 is 0 Å². The third kappa shape index (κ3) is 5.33. The summed E-state index contributed by atoms with van der Waals surface area (Å²) < 4.78 is 11.7. The van der Waals surface area contributed by atoms with Gasteiger partial charge in [-0.15, -0.1) is 0 Å². The highest BCUT2D eigenvalue weighted by Gasteiger charge is 2.24. The molecule has 0 aliphatic heterocycles. The van der Waals surface area contributed by atoms with Crippen LogP contribution in [0, 0.1) is 0 Å². The summed E-state index contributed by atoms with van der Waals surface area (Å²) in [6, 6.07) is 14.1. The molecular formula is C26H28N6O4. The molecule has 0 spiro atoms. The lowest BCUT2D eigenvalue weighted by molar-refractivity contribution is 0.0600. The molecule has 0 unspecified atom stereocenters. The van der Waals surface area contributed by atoms with Gasteiger partial charge in [0.15, 0.2) is 5.65 Å². The van der Waals surface area contributed by atoms with Crippen molar-refractivity contribution in [2.75, 3.05) is 26.0 Å². The Balaban J connectivity index is 1.68. The topological polar surface area (TPSA) is 134 Å². The summed E-state index contributed by atoms with van der Waals surface area (Å²) in [4.78, 5) is 34.1. The molecule has 36 heavy (non-hydrogen) atoms. The Morgan fingerprint density at radius 1 is 1.11 bits per heavy atom. The molecule has 0 aliphatic rings. The van der Waals surface area contributed by atoms with Crippen LogP contribution in [0.5, 0.6) is 0 Å². The molecule has 4 rings (SSSR count). The smallest absolute Gasteiger partial charge is 0.337 e. The molecular weight excluding hydrogens is 460 g/mol. The Bertz CT molecular complexity index is 1430. The van der Waals surface area contributed by atoms with Gasteiger partial charge in [-0.3, -0.25) is 4.79 Å². The second-order valence-electron chi connectivity index (χ2n) is 8.34. The zero-order valence-corrected chi connectivity index (χ0v) is 20.4. The van der Waals surface area contributed by atoms with Crippen LogP contribution in [0.15, 0.2) is 53.6 Å². The fourth-order valence-electron chi connectivity index (χ4n) is 3.62. The first-order valence-corrected chi connectivity index (χ1v) is 11.6. The van der Waals surface area contributed by atoms with Crippen molar-refractivity contribution in [2.45, 2.75) is 26.4 Å². The second kappa shape index (κ2) is 11.0. The number of hydrogen-bond donors (Lipinski definition) is 2. The first-order valence-electron chi connectivity index (χ1n) is 11.6. The van der Waals surface area contributed by atoms with Gasteiger partial charge in [-0.25, -0.2) is 14.8 Å². The van der Waals surface area contributed by atoms with Crippen LogP contribution in [0.25, 0.3) is 22.2 Å². The Hall–Kier alpha value is -4.31. The van der Waals surface area contributed by atoms with E-state index >= 15 is 0 Å². The van der Waals surface area contributed by atoms with Crippen LogP contribution in [0.1, 0.15) is 46.5 Å². The number of benzene rings is 2. The maximum atomic E-state index is 13.1. The zero-order chi connectivity index (χ0) is 25.7. The molecule has 3 N–H and O–H groups in total. The van der Waals surface area contributed by atoms with E-state index in [1.165, 1.54) is 11.8 Å². The number of carbonyl (C=O) groups is 2. The van der Waals surface area contributed by atoms with Gasteiger partial charge in [0.1, 0.15) is 16.9 Å². The molecule has 10 heteroatoms. The molecule has 2 heterocycles. The molecule has 4 aromatic rings. The summed E-state index contributed by atoms with van der Waals surface area (Å²) in [5.74, 6) is -0.658. The van der Waals surface area contributed by atoms with Crippen molar-refractivity contribution < 1.29 is 19.1 Å². The maximum Gasteiger partial charge on any atom is 0.337 e. The number of fused-ring (bicyclic) bond motifs is 2. The van der Waals surface area contributed by atoms with Gasteiger partial charge in [-0.05, 0) is 50.1 Å². The largest absolute Gasteiger partial charge is 0.465 e. The Kier molecular flexibility index (Phi) is 7.55. The fourth-order valence-corrected chi connectivity index (χ4v) is 3.62. The minimum absolute atomic E-state index is 0.124. The van der Waals surface area contributed by atoms with Crippen LogP contribution in [-0.2, 0) is 9.47 Å². The maximum absolute atomic E-state index is 13.1. The molecule has 10 nitrogen and oxygen atoms in total. The number of esters is 1. The van der Waals surface area contributed by atoms with E-state index in [0.29, 0.717) is 52.9 Å². The van der Waals surface area contributed by atoms with Crippen LogP contribution in [0.3, 0.4) is 0 Å². The molecule has 0 saturated carbocycles. The highest BCUT2D eigenvalue weighted by Crippen LogP contribution is 2.27. The first kappa shape index (κ1) is 24.8. The van der Waals surface area contributed by atoms with E-state index < -0.39 is 5.97 Å². The van der Waals surface area contributed by atoms with Crippen LogP contribution < -0.4 is 11.1 Å². The number of ether oxygens (including phenoxy) is 2. The lowest BCUT2D eigenvalue weighted by Gasteiger charge is -2.08. The number of rotatable bonds is 9. The monoisotopic (exact) mass is 488 g/mol. The molecule has 2 aromatic carbocycles. The fraction of sp³-hybridized carbons (Fsp3) is 0.269. The number of amides is 1. The van der Waals surface area contributed by atoms with Crippen LogP contribution in [-0.4, -0.2) is 59.1 Å². The van der Waals surface area contributed by atoms with Crippen molar-refractivity contribution in [1.82, 2.24) is 20.0 Å². The molecule has 1 amide bonds. The Morgan fingerprint density at radius 2 is 1.81 bits per heavy atom. The van der Waals surface area contributed by atoms with Gasteiger partial charge in [0.05, 0.1) is 36.0 Å². The predicted octanol–water partition coefficient (Wildman–Crippen LogP) is 3.38. The summed E-state index contributed by atoms with van der Waals surface area (Å²) in [6.45, 7) is 4.89. The molecule has 0 bridgehead atoms. The van der Waals surface area contributed by atoms with Crippen LogP contribution in [0.4, 0.5) is 5.82 Å². The summed E-state index contributed by atoms with van der Waals surface area (Å²) in [6.07, 6.45) is 2.36. The van der Waals surface area contributed by atoms with Crippen LogP contribution in [0.2, 0.25) is 0 Å². The van der Waals surface area contributed by atoms with Gasteiger partial charge in [0.25, 0.3) is 5.91 Å². The number of nitrogens with zero attached hydrogens (tertiary/aromatic N) is 4. The molecule has 0 saturated heterocycles. The predicted molar refractivity (Wildman–Crippen MR) is 138 cm³/mol. The SMILES string of the molecule is COC(=O)c1ccc(/C=N\n2c(N)c(C(=O)NCCCOC(C)C)c3nc4ccccc4nc32)cc1. The van der Waals surface area contributed by atoms with Gasteiger partial charge in [-0.2, -0.15) is 9.78 Å². The number of para-hydroxylation sites is 2. The molecule has 0 radical (unpaired) electrons.